The molecule has 1 aromatic heterocycles. The number of nitrogens with one attached hydrogen (secondary N) is 2. The second-order valence-corrected chi connectivity index (χ2v) is 6.45. The fourth-order valence-corrected chi connectivity index (χ4v) is 2.52. The first-order chi connectivity index (χ1) is 8.94. The molecule has 1 amide bonds. The highest BCUT2D eigenvalue weighted by Crippen LogP contribution is 2.39. The minimum absolute atomic E-state index is 0.0679. The van der Waals surface area contributed by atoms with E-state index in [9.17, 15) is 4.79 Å². The van der Waals surface area contributed by atoms with Crippen LogP contribution in [0.2, 0.25) is 0 Å². The van der Waals surface area contributed by atoms with E-state index in [1.165, 1.54) is 12.8 Å². The van der Waals surface area contributed by atoms with Crippen molar-refractivity contribution in [3.8, 4) is 0 Å². The molecule has 2 N–H and O–H groups in total. The lowest BCUT2D eigenvalue weighted by atomic mass is 9.98. The average Bonchev–Trinajstić information content (AvgIpc) is 3.15. The van der Waals surface area contributed by atoms with Gasteiger partial charge in [0.25, 0.3) is 5.91 Å². The van der Waals surface area contributed by atoms with Gasteiger partial charge in [0.05, 0.1) is 5.56 Å². The number of aromatic nitrogens is 1. The molecule has 4 nitrogen and oxygen atoms in total. The van der Waals surface area contributed by atoms with Crippen molar-refractivity contribution >= 4 is 27.7 Å². The molecule has 5 heteroatoms. The van der Waals surface area contributed by atoms with Gasteiger partial charge in [-0.25, -0.2) is 4.98 Å². The highest BCUT2D eigenvalue weighted by molar-refractivity contribution is 9.10. The first-order valence-corrected chi connectivity index (χ1v) is 7.45. The Morgan fingerprint density at radius 3 is 2.79 bits per heavy atom. The van der Waals surface area contributed by atoms with E-state index >= 15 is 0 Å². The molecule has 0 aromatic carbocycles. The maximum absolute atomic E-state index is 12.4. The molecule has 0 radical (unpaired) electrons. The number of pyridine rings is 1. The Kier molecular flexibility index (Phi) is 4.13. The predicted octanol–water partition coefficient (Wildman–Crippen LogP) is 3.19. The van der Waals surface area contributed by atoms with Crippen molar-refractivity contribution in [2.45, 2.75) is 39.2 Å². The molecule has 1 saturated carbocycles. The zero-order valence-corrected chi connectivity index (χ0v) is 13.2. The van der Waals surface area contributed by atoms with E-state index in [0.717, 1.165) is 11.0 Å². The van der Waals surface area contributed by atoms with Crippen molar-refractivity contribution in [2.75, 3.05) is 11.9 Å². The molecule has 0 unspecified atom stereocenters. The zero-order valence-electron chi connectivity index (χ0n) is 11.6. The summed E-state index contributed by atoms with van der Waals surface area (Å²) in [5.41, 5.74) is 0.438. The van der Waals surface area contributed by atoms with Crippen LogP contribution in [0.4, 0.5) is 5.82 Å². The van der Waals surface area contributed by atoms with E-state index in [1.807, 2.05) is 13.0 Å². The highest BCUT2D eigenvalue weighted by Gasteiger charge is 2.39. The SMILES string of the molecule is CCNc1ncc(Br)cc1C(=O)NC(C)(C)C1CC1. The van der Waals surface area contributed by atoms with Crippen LogP contribution in [-0.2, 0) is 0 Å². The van der Waals surface area contributed by atoms with Gasteiger partial charge in [-0.1, -0.05) is 0 Å². The lowest BCUT2D eigenvalue weighted by Crippen LogP contribution is -2.45. The van der Waals surface area contributed by atoms with Gasteiger partial charge < -0.3 is 10.6 Å². The number of anilines is 1. The molecule has 1 aliphatic carbocycles. The van der Waals surface area contributed by atoms with Gasteiger partial charge in [0.15, 0.2) is 0 Å². The number of rotatable bonds is 5. The average molecular weight is 326 g/mol. The van der Waals surface area contributed by atoms with E-state index in [1.54, 1.807) is 6.20 Å². The Balaban J connectivity index is 2.19. The van der Waals surface area contributed by atoms with Gasteiger partial charge in [0, 0.05) is 22.8 Å². The molecule has 104 valence electrons. The molecule has 1 aromatic rings. The lowest BCUT2D eigenvalue weighted by molar-refractivity contribution is 0.0904. The quantitative estimate of drug-likeness (QED) is 0.874. The second kappa shape index (κ2) is 5.49. The molecule has 2 rings (SSSR count). The molecule has 0 spiro atoms. The Labute approximate surface area is 122 Å². The van der Waals surface area contributed by atoms with Crippen LogP contribution in [0.5, 0.6) is 0 Å². The molecule has 0 atom stereocenters. The molecule has 1 fully saturated rings. The van der Waals surface area contributed by atoms with Crippen LogP contribution in [0, 0.1) is 5.92 Å². The largest absolute Gasteiger partial charge is 0.370 e. The van der Waals surface area contributed by atoms with Crippen molar-refractivity contribution in [3.63, 3.8) is 0 Å². The number of nitrogens with zero attached hydrogens (tertiary/aromatic N) is 1. The van der Waals surface area contributed by atoms with Crippen LogP contribution in [0.3, 0.4) is 0 Å². The fraction of sp³-hybridized carbons (Fsp3) is 0.571. The number of carbonyl (C=O) groups is 1. The molecule has 1 heterocycles. The van der Waals surface area contributed by atoms with Crippen molar-refractivity contribution in [2.24, 2.45) is 5.92 Å². The number of hydrogen-bond acceptors (Lipinski definition) is 3. The molecule has 0 bridgehead atoms. The summed E-state index contributed by atoms with van der Waals surface area (Å²) in [6, 6.07) is 1.81. The first-order valence-electron chi connectivity index (χ1n) is 6.66. The smallest absolute Gasteiger partial charge is 0.255 e. The van der Waals surface area contributed by atoms with Crippen molar-refractivity contribution in [3.05, 3.63) is 22.3 Å². The van der Waals surface area contributed by atoms with E-state index in [2.05, 4.69) is 45.4 Å². The zero-order chi connectivity index (χ0) is 14.0. The summed E-state index contributed by atoms with van der Waals surface area (Å²) in [5.74, 6) is 1.16. The molecular weight excluding hydrogens is 306 g/mol. The van der Waals surface area contributed by atoms with E-state index in [0.29, 0.717) is 17.3 Å². The van der Waals surface area contributed by atoms with Gasteiger partial charge >= 0.3 is 0 Å². The number of amides is 1. The molecule has 19 heavy (non-hydrogen) atoms. The standard InChI is InChI=1S/C14H20BrN3O/c1-4-16-12-11(7-10(15)8-17-12)13(19)18-14(2,3)9-5-6-9/h7-9H,4-6H2,1-3H3,(H,16,17)(H,18,19). The minimum atomic E-state index is -0.150. The van der Waals surface area contributed by atoms with E-state index in [4.69, 9.17) is 0 Å². The Morgan fingerprint density at radius 2 is 2.21 bits per heavy atom. The second-order valence-electron chi connectivity index (χ2n) is 5.53. The summed E-state index contributed by atoms with van der Waals surface area (Å²) in [4.78, 5) is 16.7. The maximum atomic E-state index is 12.4. The summed E-state index contributed by atoms with van der Waals surface area (Å²) in [6.45, 7) is 6.89. The third-order valence-corrected chi connectivity index (χ3v) is 3.91. The predicted molar refractivity (Wildman–Crippen MR) is 80.4 cm³/mol. The first kappa shape index (κ1) is 14.3. The summed E-state index contributed by atoms with van der Waals surface area (Å²) in [6.07, 6.45) is 4.09. The van der Waals surface area contributed by atoms with Crippen LogP contribution in [0.15, 0.2) is 16.7 Å². The van der Waals surface area contributed by atoms with Crippen molar-refractivity contribution in [1.82, 2.24) is 10.3 Å². The summed E-state index contributed by atoms with van der Waals surface area (Å²) in [7, 11) is 0. The highest BCUT2D eigenvalue weighted by atomic mass is 79.9. The minimum Gasteiger partial charge on any atom is -0.370 e. The number of hydrogen-bond donors (Lipinski definition) is 2. The molecule has 1 aliphatic rings. The van der Waals surface area contributed by atoms with E-state index in [-0.39, 0.29) is 11.4 Å². The Hall–Kier alpha value is -1.10. The van der Waals surface area contributed by atoms with Gasteiger partial charge in [0.1, 0.15) is 5.82 Å². The lowest BCUT2D eigenvalue weighted by Gasteiger charge is -2.26. The topological polar surface area (TPSA) is 54.0 Å². The molecule has 0 saturated heterocycles. The number of carbonyl (C=O) groups excluding carboxylic acids is 1. The fourth-order valence-electron chi connectivity index (χ4n) is 2.19. The van der Waals surface area contributed by atoms with Gasteiger partial charge in [-0.15, -0.1) is 0 Å². The Morgan fingerprint density at radius 1 is 1.53 bits per heavy atom. The normalized spacial score (nSPS) is 15.2. The van der Waals surface area contributed by atoms with Gasteiger partial charge in [-0.2, -0.15) is 0 Å². The third-order valence-electron chi connectivity index (χ3n) is 3.48. The molecular formula is C14H20BrN3O. The Bertz CT molecular complexity index is 484. The summed E-state index contributed by atoms with van der Waals surface area (Å²) < 4.78 is 0.809. The van der Waals surface area contributed by atoms with Crippen LogP contribution in [-0.4, -0.2) is 23.0 Å². The van der Waals surface area contributed by atoms with Crippen molar-refractivity contribution < 1.29 is 4.79 Å². The monoisotopic (exact) mass is 325 g/mol. The van der Waals surface area contributed by atoms with E-state index < -0.39 is 0 Å². The summed E-state index contributed by atoms with van der Waals surface area (Å²) in [5, 5.41) is 6.24. The number of halogens is 1. The molecule has 0 aliphatic heterocycles. The van der Waals surface area contributed by atoms with Crippen molar-refractivity contribution in [1.29, 1.82) is 0 Å². The van der Waals surface area contributed by atoms with Gasteiger partial charge in [-0.05, 0) is 61.5 Å². The van der Waals surface area contributed by atoms with Crippen LogP contribution in [0.25, 0.3) is 0 Å². The van der Waals surface area contributed by atoms with Crippen LogP contribution < -0.4 is 10.6 Å². The van der Waals surface area contributed by atoms with Gasteiger partial charge in [0.2, 0.25) is 0 Å². The van der Waals surface area contributed by atoms with Gasteiger partial charge in [-0.3, -0.25) is 4.79 Å². The third kappa shape index (κ3) is 3.47. The van der Waals surface area contributed by atoms with Crippen LogP contribution >= 0.6 is 15.9 Å². The van der Waals surface area contributed by atoms with Crippen LogP contribution in [0.1, 0.15) is 44.0 Å². The maximum Gasteiger partial charge on any atom is 0.255 e. The summed E-state index contributed by atoms with van der Waals surface area (Å²) >= 11 is 3.37.